The Labute approximate surface area is 357 Å². The van der Waals surface area contributed by atoms with Crippen LogP contribution in [0.15, 0.2) is 212 Å². The Kier molecular flexibility index (Phi) is 6.83. The van der Waals surface area contributed by atoms with E-state index in [4.69, 9.17) is 4.98 Å². The van der Waals surface area contributed by atoms with Crippen molar-refractivity contribution in [1.29, 1.82) is 0 Å². The maximum Gasteiger partial charge on any atom is 0.0800 e. The summed E-state index contributed by atoms with van der Waals surface area (Å²) < 4.78 is 4.81. The van der Waals surface area contributed by atoms with E-state index >= 15 is 0 Å². The van der Waals surface area contributed by atoms with E-state index in [0.29, 0.717) is 0 Å². The summed E-state index contributed by atoms with van der Waals surface area (Å²) in [5, 5.41) is 12.4. The molecule has 0 saturated heterocycles. The molecule has 0 amide bonds. The fourth-order valence-corrected chi connectivity index (χ4v) is 10.5. The third-order valence-corrected chi connectivity index (χ3v) is 13.3. The fraction of sp³-hybridized carbons (Fsp3) is 0. The monoisotopic (exact) mass is 785 g/mol. The van der Waals surface area contributed by atoms with Gasteiger partial charge < -0.3 is 9.13 Å². The average molecular weight is 786 g/mol. The summed E-state index contributed by atoms with van der Waals surface area (Å²) in [6, 6.07) is 78.0. The molecule has 1 aliphatic rings. The number of hydrogen-bond donors (Lipinski definition) is 0. The van der Waals surface area contributed by atoms with Gasteiger partial charge in [0.15, 0.2) is 0 Å². The van der Waals surface area contributed by atoms with Gasteiger partial charge in [0.25, 0.3) is 0 Å². The van der Waals surface area contributed by atoms with Crippen molar-refractivity contribution in [2.45, 2.75) is 0 Å². The lowest BCUT2D eigenvalue weighted by atomic mass is 9.97. The number of para-hydroxylation sites is 3. The maximum absolute atomic E-state index is 5.35. The quantitative estimate of drug-likeness (QED) is 0.174. The third-order valence-electron chi connectivity index (χ3n) is 13.3. The molecule has 14 rings (SSSR count). The number of hydrogen-bond acceptors (Lipinski definition) is 1. The van der Waals surface area contributed by atoms with Gasteiger partial charge in [-0.25, -0.2) is 4.98 Å². The minimum Gasteiger partial charge on any atom is -0.309 e. The summed E-state index contributed by atoms with van der Waals surface area (Å²) in [6.45, 7) is 0. The van der Waals surface area contributed by atoms with Crippen molar-refractivity contribution >= 4 is 75.9 Å². The SMILES string of the molecule is c1ccc(-n2c3ccccc3c3cc4cc(-c5ccc6cc7c(cc6c5)c5ccccc5n7-c5cccc(-c6cc7cccc8c7c(n6)-c6ccccc6-8)c5)ccc4cc32)cc1. The van der Waals surface area contributed by atoms with Crippen molar-refractivity contribution < 1.29 is 0 Å². The Morgan fingerprint density at radius 3 is 1.55 bits per heavy atom. The first-order chi connectivity index (χ1) is 30.7. The molecule has 0 unspecified atom stereocenters. The van der Waals surface area contributed by atoms with Crippen LogP contribution in [0.2, 0.25) is 0 Å². The van der Waals surface area contributed by atoms with E-state index in [1.807, 2.05) is 0 Å². The number of fused-ring (bicyclic) bond motifs is 11. The molecule has 3 heteroatoms. The van der Waals surface area contributed by atoms with E-state index in [1.54, 1.807) is 0 Å². The van der Waals surface area contributed by atoms with Gasteiger partial charge in [-0.05, 0) is 128 Å². The minimum absolute atomic E-state index is 0.985. The second-order valence-electron chi connectivity index (χ2n) is 16.8. The molecule has 62 heavy (non-hydrogen) atoms. The molecule has 0 fully saturated rings. The fourth-order valence-electron chi connectivity index (χ4n) is 10.5. The van der Waals surface area contributed by atoms with Crippen LogP contribution in [-0.4, -0.2) is 14.1 Å². The van der Waals surface area contributed by atoms with Gasteiger partial charge in [-0.15, -0.1) is 0 Å². The lowest BCUT2D eigenvalue weighted by Crippen LogP contribution is -1.95. The van der Waals surface area contributed by atoms with Gasteiger partial charge in [0.05, 0.1) is 33.5 Å². The summed E-state index contributed by atoms with van der Waals surface area (Å²) in [6.07, 6.45) is 0. The molecule has 286 valence electrons. The van der Waals surface area contributed by atoms with Crippen LogP contribution in [0.3, 0.4) is 0 Å². The zero-order valence-corrected chi connectivity index (χ0v) is 33.5. The molecule has 1 aliphatic carbocycles. The highest BCUT2D eigenvalue weighted by Gasteiger charge is 2.23. The topological polar surface area (TPSA) is 22.8 Å². The minimum atomic E-state index is 0.985. The second-order valence-corrected chi connectivity index (χ2v) is 16.8. The lowest BCUT2D eigenvalue weighted by molar-refractivity contribution is 1.18. The molecule has 13 aromatic rings. The number of pyridine rings is 1. The summed E-state index contributed by atoms with van der Waals surface area (Å²) in [7, 11) is 0. The molecule has 0 bridgehead atoms. The molecular formula is C59H35N3. The van der Waals surface area contributed by atoms with E-state index in [1.165, 1.54) is 109 Å². The molecule has 0 saturated carbocycles. The van der Waals surface area contributed by atoms with E-state index in [2.05, 4.69) is 221 Å². The van der Waals surface area contributed by atoms with Crippen molar-refractivity contribution in [2.75, 3.05) is 0 Å². The molecule has 10 aromatic carbocycles. The van der Waals surface area contributed by atoms with Crippen LogP contribution >= 0.6 is 0 Å². The molecule has 0 spiro atoms. The number of nitrogens with zero attached hydrogens (tertiary/aromatic N) is 3. The molecule has 0 aliphatic heterocycles. The van der Waals surface area contributed by atoms with Crippen LogP contribution in [0.1, 0.15) is 0 Å². The van der Waals surface area contributed by atoms with Gasteiger partial charge >= 0.3 is 0 Å². The van der Waals surface area contributed by atoms with Crippen molar-refractivity contribution in [3.8, 4) is 56.1 Å². The zero-order valence-electron chi connectivity index (χ0n) is 33.5. The molecule has 3 aromatic heterocycles. The molecule has 0 atom stereocenters. The Bertz CT molecular complexity index is 4040. The first-order valence-electron chi connectivity index (χ1n) is 21.4. The van der Waals surface area contributed by atoms with E-state index in [-0.39, 0.29) is 0 Å². The summed E-state index contributed by atoms with van der Waals surface area (Å²) in [5.41, 5.74) is 16.4. The first-order valence-corrected chi connectivity index (χ1v) is 21.4. The number of rotatable bonds is 4. The maximum atomic E-state index is 5.35. The Morgan fingerprint density at radius 2 is 0.855 bits per heavy atom. The zero-order chi connectivity index (χ0) is 40.5. The van der Waals surface area contributed by atoms with Crippen molar-refractivity contribution in [1.82, 2.24) is 14.1 Å². The van der Waals surface area contributed by atoms with Crippen LogP contribution in [0, 0.1) is 0 Å². The summed E-state index contributed by atoms with van der Waals surface area (Å²) in [4.78, 5) is 5.35. The summed E-state index contributed by atoms with van der Waals surface area (Å²) in [5.74, 6) is 0. The van der Waals surface area contributed by atoms with Crippen LogP contribution in [-0.2, 0) is 0 Å². The van der Waals surface area contributed by atoms with Crippen LogP contribution < -0.4 is 0 Å². The predicted octanol–water partition coefficient (Wildman–Crippen LogP) is 15.7. The second kappa shape index (κ2) is 12.6. The number of aromatic nitrogens is 3. The highest BCUT2D eigenvalue weighted by atomic mass is 15.0. The molecule has 0 N–H and O–H groups in total. The molecular weight excluding hydrogens is 751 g/mol. The Balaban J connectivity index is 0.886. The summed E-state index contributed by atoms with van der Waals surface area (Å²) >= 11 is 0. The molecule has 3 nitrogen and oxygen atoms in total. The molecule has 0 radical (unpaired) electrons. The van der Waals surface area contributed by atoms with E-state index in [0.717, 1.165) is 22.6 Å². The van der Waals surface area contributed by atoms with Gasteiger partial charge in [-0.3, -0.25) is 0 Å². The first kappa shape index (κ1) is 33.5. The predicted molar refractivity (Wildman–Crippen MR) is 261 cm³/mol. The number of benzene rings is 10. The smallest absolute Gasteiger partial charge is 0.0800 e. The lowest BCUT2D eigenvalue weighted by Gasteiger charge is -2.12. The largest absolute Gasteiger partial charge is 0.309 e. The van der Waals surface area contributed by atoms with Crippen LogP contribution in [0.4, 0.5) is 0 Å². The van der Waals surface area contributed by atoms with Crippen molar-refractivity contribution in [3.05, 3.63) is 212 Å². The normalized spacial score (nSPS) is 12.2. The van der Waals surface area contributed by atoms with Gasteiger partial charge in [0, 0.05) is 49.4 Å². The van der Waals surface area contributed by atoms with Crippen molar-refractivity contribution in [2.24, 2.45) is 0 Å². The van der Waals surface area contributed by atoms with Crippen LogP contribution in [0.25, 0.3) is 132 Å². The molecule has 3 heterocycles. The third kappa shape index (κ3) is 4.79. The van der Waals surface area contributed by atoms with Gasteiger partial charge in [0.1, 0.15) is 0 Å². The highest BCUT2D eigenvalue weighted by Crippen LogP contribution is 2.47. The van der Waals surface area contributed by atoms with E-state index < -0.39 is 0 Å². The highest BCUT2D eigenvalue weighted by molar-refractivity contribution is 6.17. The van der Waals surface area contributed by atoms with Gasteiger partial charge in [-0.2, -0.15) is 0 Å². The Hall–Kier alpha value is -8.27. The van der Waals surface area contributed by atoms with Crippen molar-refractivity contribution in [3.63, 3.8) is 0 Å². The Morgan fingerprint density at radius 1 is 0.290 bits per heavy atom. The van der Waals surface area contributed by atoms with Gasteiger partial charge in [-0.1, -0.05) is 133 Å². The average Bonchev–Trinajstić information content (AvgIpc) is 3.95. The van der Waals surface area contributed by atoms with E-state index in [9.17, 15) is 0 Å². The van der Waals surface area contributed by atoms with Crippen LogP contribution in [0.5, 0.6) is 0 Å². The standard InChI is InChI=1S/C59H35N3/c1-2-14-44(15-3-1)61-54-22-8-6-18-47(54)51-31-42-28-36(24-26-38(42)34-56(51)61)37-25-27-39-35-57-52(32-43(39)29-37)48-19-7-9-23-55(48)62(57)45-16-10-12-40(30-45)53-33-41-13-11-21-49-46-17-4-5-20-50(46)59(60-53)58(41)49/h1-35H. The van der Waals surface area contributed by atoms with Gasteiger partial charge in [0.2, 0.25) is 0 Å².